The highest BCUT2D eigenvalue weighted by molar-refractivity contribution is 7.64. The fourth-order valence-electron chi connectivity index (χ4n) is 1.67. The molecule has 14 heavy (non-hydrogen) atoms. The quantitative estimate of drug-likeness (QED) is 0.717. The van der Waals surface area contributed by atoms with Crippen molar-refractivity contribution >= 4 is 13.7 Å². The molecule has 0 aromatic carbocycles. The minimum Gasteiger partial charge on any atom is -0.335 e. The lowest BCUT2D eigenvalue weighted by Crippen LogP contribution is -2.35. The van der Waals surface area contributed by atoms with Gasteiger partial charge in [0.25, 0.3) is 0 Å². The van der Waals surface area contributed by atoms with Gasteiger partial charge in [0, 0.05) is 19.6 Å². The zero-order valence-corrected chi connectivity index (χ0v) is 10.4. The second-order valence-electron chi connectivity index (χ2n) is 3.75. The van der Waals surface area contributed by atoms with Crippen molar-refractivity contribution in [3.05, 3.63) is 0 Å². The van der Waals surface area contributed by atoms with Crippen LogP contribution < -0.4 is 5.09 Å². The van der Waals surface area contributed by atoms with Crippen LogP contribution in [0.25, 0.3) is 0 Å². The maximum absolute atomic E-state index is 5.85. The second kappa shape index (κ2) is 5.92. The fraction of sp³-hybridized carbons (Fsp3) is 0.900. The van der Waals surface area contributed by atoms with Gasteiger partial charge in [0.1, 0.15) is 7.41 Å². The summed E-state index contributed by atoms with van der Waals surface area (Å²) in [5.74, 6) is 0. The predicted molar refractivity (Wildman–Crippen MR) is 64.8 cm³/mol. The Hall–Kier alpha value is 0.180. The standard InChI is InChI=1S/C10H23N2OP/c1-4-7-11-14(3)12(8-5-2)9-6-10-13-14/h11H,3-10H2,1-2H3. The number of hydrogen-bond acceptors (Lipinski definition) is 3. The van der Waals surface area contributed by atoms with Crippen molar-refractivity contribution in [2.24, 2.45) is 0 Å². The fourth-order valence-corrected chi connectivity index (χ4v) is 4.12. The van der Waals surface area contributed by atoms with Crippen molar-refractivity contribution < 1.29 is 4.52 Å². The van der Waals surface area contributed by atoms with Crippen molar-refractivity contribution in [1.29, 1.82) is 0 Å². The van der Waals surface area contributed by atoms with Gasteiger partial charge in [-0.3, -0.25) is 9.76 Å². The van der Waals surface area contributed by atoms with Crippen LogP contribution in [0, 0.1) is 0 Å². The molecule has 0 saturated carbocycles. The molecular weight excluding hydrogens is 195 g/mol. The van der Waals surface area contributed by atoms with E-state index >= 15 is 0 Å². The van der Waals surface area contributed by atoms with Crippen molar-refractivity contribution in [3.63, 3.8) is 0 Å². The SMILES string of the molecule is C=P1(NCCC)OCCCN1CCC. The number of rotatable bonds is 5. The molecule has 0 bridgehead atoms. The highest BCUT2D eigenvalue weighted by Crippen LogP contribution is 2.48. The van der Waals surface area contributed by atoms with Gasteiger partial charge in [-0.25, -0.2) is 0 Å². The summed E-state index contributed by atoms with van der Waals surface area (Å²) in [6.07, 6.45) is 7.73. The zero-order valence-electron chi connectivity index (χ0n) is 9.46. The molecule has 0 aromatic heterocycles. The summed E-state index contributed by atoms with van der Waals surface area (Å²) >= 11 is 0. The van der Waals surface area contributed by atoms with Gasteiger partial charge in [0.2, 0.25) is 0 Å². The van der Waals surface area contributed by atoms with Gasteiger partial charge >= 0.3 is 0 Å². The maximum atomic E-state index is 5.85. The number of hydrogen-bond donors (Lipinski definition) is 1. The Morgan fingerprint density at radius 3 is 2.86 bits per heavy atom. The Labute approximate surface area is 88.0 Å². The molecule has 3 nitrogen and oxygen atoms in total. The first kappa shape index (κ1) is 12.3. The van der Waals surface area contributed by atoms with E-state index in [4.69, 9.17) is 4.52 Å². The molecular formula is C10H23N2OP. The summed E-state index contributed by atoms with van der Waals surface area (Å²) in [7, 11) is -1.67. The van der Waals surface area contributed by atoms with Gasteiger partial charge in [-0.2, -0.15) is 0 Å². The van der Waals surface area contributed by atoms with Crippen LogP contribution in [-0.4, -0.2) is 37.2 Å². The van der Waals surface area contributed by atoms with Gasteiger partial charge in [-0.15, -0.1) is 0 Å². The van der Waals surface area contributed by atoms with E-state index in [1.807, 2.05) is 0 Å². The molecule has 0 aliphatic carbocycles. The van der Waals surface area contributed by atoms with E-state index in [1.165, 1.54) is 6.42 Å². The third kappa shape index (κ3) is 3.09. The Kier molecular flexibility index (Phi) is 5.18. The zero-order chi connectivity index (χ0) is 10.4. The Morgan fingerprint density at radius 1 is 1.43 bits per heavy atom. The molecule has 1 N–H and O–H groups in total. The van der Waals surface area contributed by atoms with Crippen LogP contribution in [0.3, 0.4) is 0 Å². The average molecular weight is 218 g/mol. The van der Waals surface area contributed by atoms with Crippen LogP contribution in [0.4, 0.5) is 0 Å². The van der Waals surface area contributed by atoms with Crippen LogP contribution in [0.15, 0.2) is 0 Å². The van der Waals surface area contributed by atoms with Gasteiger partial charge in [-0.1, -0.05) is 13.8 Å². The number of nitrogens with one attached hydrogen (secondary N) is 1. The van der Waals surface area contributed by atoms with E-state index < -0.39 is 7.41 Å². The lowest BCUT2D eigenvalue weighted by atomic mass is 10.4. The first-order valence-corrected chi connectivity index (χ1v) is 7.46. The molecule has 1 aliphatic heterocycles. The first-order chi connectivity index (χ1) is 6.73. The van der Waals surface area contributed by atoms with E-state index in [0.717, 1.165) is 39.1 Å². The number of nitrogens with zero attached hydrogens (tertiary/aromatic N) is 1. The third-order valence-corrected chi connectivity index (χ3v) is 5.05. The Balaban J connectivity index is 2.55. The highest BCUT2D eigenvalue weighted by atomic mass is 31.2. The van der Waals surface area contributed by atoms with Gasteiger partial charge in [0.05, 0.1) is 6.61 Å². The molecule has 0 spiro atoms. The van der Waals surface area contributed by atoms with Crippen LogP contribution >= 0.6 is 7.41 Å². The van der Waals surface area contributed by atoms with Crippen LogP contribution in [0.5, 0.6) is 0 Å². The van der Waals surface area contributed by atoms with Crippen LogP contribution in [0.1, 0.15) is 33.1 Å². The molecule has 1 fully saturated rings. The average Bonchev–Trinajstić information content (AvgIpc) is 2.19. The molecule has 1 unspecified atom stereocenters. The van der Waals surface area contributed by atoms with Crippen molar-refractivity contribution in [2.75, 3.05) is 26.2 Å². The molecule has 0 amide bonds. The topological polar surface area (TPSA) is 24.5 Å². The summed E-state index contributed by atoms with van der Waals surface area (Å²) in [5.41, 5.74) is 0. The van der Waals surface area contributed by atoms with Gasteiger partial charge < -0.3 is 4.52 Å². The summed E-state index contributed by atoms with van der Waals surface area (Å²) < 4.78 is 8.26. The largest absolute Gasteiger partial charge is 0.335 e. The monoisotopic (exact) mass is 218 g/mol. The van der Waals surface area contributed by atoms with Crippen molar-refractivity contribution in [1.82, 2.24) is 9.76 Å². The summed E-state index contributed by atoms with van der Waals surface area (Å²) in [5, 5.41) is 3.49. The molecule has 1 aliphatic rings. The van der Waals surface area contributed by atoms with Crippen LogP contribution in [0.2, 0.25) is 0 Å². The second-order valence-corrected chi connectivity index (χ2v) is 6.29. The van der Waals surface area contributed by atoms with E-state index in [9.17, 15) is 0 Å². The van der Waals surface area contributed by atoms with E-state index in [2.05, 4.69) is 29.9 Å². The minimum atomic E-state index is -1.67. The predicted octanol–water partition coefficient (Wildman–Crippen LogP) is 2.31. The molecule has 1 saturated heterocycles. The van der Waals surface area contributed by atoms with E-state index in [0.29, 0.717) is 0 Å². The minimum absolute atomic E-state index is 0.869. The third-order valence-electron chi connectivity index (χ3n) is 2.41. The lowest BCUT2D eigenvalue weighted by Gasteiger charge is -2.40. The van der Waals surface area contributed by atoms with Gasteiger partial charge in [0.15, 0.2) is 0 Å². The molecule has 0 radical (unpaired) electrons. The molecule has 0 aromatic rings. The molecule has 1 rings (SSSR count). The van der Waals surface area contributed by atoms with E-state index in [1.54, 1.807) is 0 Å². The van der Waals surface area contributed by atoms with Crippen molar-refractivity contribution in [2.45, 2.75) is 33.1 Å². The highest BCUT2D eigenvalue weighted by Gasteiger charge is 2.26. The Morgan fingerprint density at radius 2 is 2.21 bits per heavy atom. The normalized spacial score (nSPS) is 29.3. The molecule has 84 valence electrons. The van der Waals surface area contributed by atoms with E-state index in [-0.39, 0.29) is 0 Å². The molecule has 4 heteroatoms. The maximum Gasteiger partial charge on any atom is 0.128 e. The van der Waals surface area contributed by atoms with Crippen LogP contribution in [-0.2, 0) is 4.52 Å². The Bertz CT molecular complexity index is 206. The summed E-state index contributed by atoms with van der Waals surface area (Å²) in [4.78, 5) is 0. The summed E-state index contributed by atoms with van der Waals surface area (Å²) in [6, 6.07) is 0. The lowest BCUT2D eigenvalue weighted by molar-refractivity contribution is 0.234. The summed E-state index contributed by atoms with van der Waals surface area (Å²) in [6.45, 7) is 8.51. The van der Waals surface area contributed by atoms with Crippen molar-refractivity contribution in [3.8, 4) is 0 Å². The molecule has 1 atom stereocenters. The molecule has 1 heterocycles. The smallest absolute Gasteiger partial charge is 0.128 e. The first-order valence-electron chi connectivity index (χ1n) is 5.61. The van der Waals surface area contributed by atoms with Gasteiger partial charge in [-0.05, 0) is 25.6 Å².